The second kappa shape index (κ2) is 6.78. The van der Waals surface area contributed by atoms with Crippen molar-refractivity contribution in [2.24, 2.45) is 0 Å². The summed E-state index contributed by atoms with van der Waals surface area (Å²) in [5, 5.41) is 14.5. The van der Waals surface area contributed by atoms with E-state index >= 15 is 0 Å². The first-order chi connectivity index (χ1) is 11.2. The molecule has 7 heteroatoms. The van der Waals surface area contributed by atoms with Crippen LogP contribution in [0.3, 0.4) is 0 Å². The zero-order valence-corrected chi connectivity index (χ0v) is 12.6. The Kier molecular flexibility index (Phi) is 4.37. The summed E-state index contributed by atoms with van der Waals surface area (Å²) in [5.74, 6) is 0.388. The molecule has 0 saturated carbocycles. The lowest BCUT2D eigenvalue weighted by molar-refractivity contribution is -0.122. The van der Waals surface area contributed by atoms with Crippen molar-refractivity contribution in [3.05, 3.63) is 60.4 Å². The van der Waals surface area contributed by atoms with Gasteiger partial charge in [0.2, 0.25) is 5.91 Å². The van der Waals surface area contributed by atoms with E-state index in [1.807, 2.05) is 37.3 Å². The fraction of sp³-hybridized carbons (Fsp3) is 0.188. The summed E-state index contributed by atoms with van der Waals surface area (Å²) in [5.41, 5.74) is 1.86. The molecule has 0 aliphatic heterocycles. The molecule has 7 nitrogen and oxygen atoms in total. The predicted molar refractivity (Wildman–Crippen MR) is 84.0 cm³/mol. The zero-order valence-electron chi connectivity index (χ0n) is 12.6. The first-order valence-corrected chi connectivity index (χ1v) is 7.25. The minimum Gasteiger partial charge on any atom is -0.348 e. The topological polar surface area (TPSA) is 85.6 Å². The van der Waals surface area contributed by atoms with Crippen LogP contribution >= 0.6 is 0 Å². The molecule has 116 valence electrons. The highest BCUT2D eigenvalue weighted by molar-refractivity contribution is 5.76. The van der Waals surface area contributed by atoms with Gasteiger partial charge < -0.3 is 5.32 Å². The number of hydrogen-bond donors (Lipinski definition) is 1. The standard InChI is InChI=1S/C16H16N6O/c1-12(13-5-3-2-4-6-13)18-15(23)11-22-16(19-20-21-22)14-7-9-17-10-8-14/h2-10,12H,11H2,1H3,(H,18,23). The van der Waals surface area contributed by atoms with Gasteiger partial charge in [0.1, 0.15) is 6.54 Å². The van der Waals surface area contributed by atoms with Crippen molar-refractivity contribution in [3.63, 3.8) is 0 Å². The van der Waals surface area contributed by atoms with E-state index in [4.69, 9.17) is 0 Å². The molecule has 23 heavy (non-hydrogen) atoms. The number of benzene rings is 1. The maximum absolute atomic E-state index is 12.2. The Hall–Kier alpha value is -3.09. The molecule has 2 heterocycles. The van der Waals surface area contributed by atoms with Crippen LogP contribution in [0.2, 0.25) is 0 Å². The molecule has 3 aromatic rings. The molecule has 0 bridgehead atoms. The Labute approximate surface area is 133 Å². The van der Waals surface area contributed by atoms with Gasteiger partial charge in [-0.3, -0.25) is 9.78 Å². The number of nitrogens with zero attached hydrogens (tertiary/aromatic N) is 5. The van der Waals surface area contributed by atoms with Crippen LogP contribution in [0.15, 0.2) is 54.9 Å². The van der Waals surface area contributed by atoms with Gasteiger partial charge in [-0.1, -0.05) is 30.3 Å². The summed E-state index contributed by atoms with van der Waals surface area (Å²) in [7, 11) is 0. The number of aromatic nitrogens is 5. The Morgan fingerprint density at radius 1 is 1.17 bits per heavy atom. The summed E-state index contributed by atoms with van der Waals surface area (Å²) in [6.07, 6.45) is 3.32. The van der Waals surface area contributed by atoms with E-state index in [-0.39, 0.29) is 18.5 Å². The highest BCUT2D eigenvalue weighted by Crippen LogP contribution is 2.14. The number of carbonyl (C=O) groups is 1. The zero-order chi connectivity index (χ0) is 16.1. The predicted octanol–water partition coefficient (Wildman–Crippen LogP) is 1.61. The number of carbonyl (C=O) groups excluding carboxylic acids is 1. The fourth-order valence-electron chi connectivity index (χ4n) is 2.27. The van der Waals surface area contributed by atoms with Crippen molar-refractivity contribution >= 4 is 5.91 Å². The summed E-state index contributed by atoms with van der Waals surface area (Å²) in [6, 6.07) is 13.3. The number of rotatable bonds is 5. The molecule has 1 unspecified atom stereocenters. The molecule has 1 amide bonds. The normalized spacial score (nSPS) is 11.9. The van der Waals surface area contributed by atoms with Gasteiger partial charge in [-0.25, -0.2) is 4.68 Å². The van der Waals surface area contributed by atoms with E-state index in [0.717, 1.165) is 11.1 Å². The molecule has 0 fully saturated rings. The van der Waals surface area contributed by atoms with Gasteiger partial charge in [-0.2, -0.15) is 0 Å². The Balaban J connectivity index is 1.69. The monoisotopic (exact) mass is 308 g/mol. The average Bonchev–Trinajstić information content (AvgIpc) is 3.04. The van der Waals surface area contributed by atoms with Gasteiger partial charge in [-0.15, -0.1) is 5.10 Å². The molecule has 0 aliphatic rings. The van der Waals surface area contributed by atoms with Gasteiger partial charge in [0.25, 0.3) is 0 Å². The van der Waals surface area contributed by atoms with E-state index in [1.54, 1.807) is 24.5 Å². The highest BCUT2D eigenvalue weighted by atomic mass is 16.2. The quantitative estimate of drug-likeness (QED) is 0.774. The lowest BCUT2D eigenvalue weighted by atomic mass is 10.1. The van der Waals surface area contributed by atoms with Crippen molar-refractivity contribution in [3.8, 4) is 11.4 Å². The summed E-state index contributed by atoms with van der Waals surface area (Å²) >= 11 is 0. The van der Waals surface area contributed by atoms with Crippen molar-refractivity contribution < 1.29 is 4.79 Å². The summed E-state index contributed by atoms with van der Waals surface area (Å²) < 4.78 is 1.47. The van der Waals surface area contributed by atoms with Crippen LogP contribution in [0.25, 0.3) is 11.4 Å². The second-order valence-corrected chi connectivity index (χ2v) is 5.10. The molecule has 0 spiro atoms. The number of amides is 1. The van der Waals surface area contributed by atoms with E-state index in [2.05, 4.69) is 25.8 Å². The maximum atomic E-state index is 12.2. The molecule has 0 radical (unpaired) electrons. The van der Waals surface area contributed by atoms with Crippen LogP contribution in [0, 0.1) is 0 Å². The lowest BCUT2D eigenvalue weighted by Crippen LogP contribution is -2.30. The van der Waals surface area contributed by atoms with E-state index in [9.17, 15) is 4.79 Å². The van der Waals surface area contributed by atoms with E-state index < -0.39 is 0 Å². The van der Waals surface area contributed by atoms with Gasteiger partial charge >= 0.3 is 0 Å². The molecule has 1 aromatic carbocycles. The molecule has 1 N–H and O–H groups in total. The fourth-order valence-corrected chi connectivity index (χ4v) is 2.27. The van der Waals surface area contributed by atoms with Gasteiger partial charge in [0, 0.05) is 18.0 Å². The number of nitrogens with one attached hydrogen (secondary N) is 1. The van der Waals surface area contributed by atoms with Crippen LogP contribution in [-0.4, -0.2) is 31.1 Å². The molecule has 0 saturated heterocycles. The molecule has 0 aliphatic carbocycles. The van der Waals surface area contributed by atoms with Crippen molar-refractivity contribution in [1.82, 2.24) is 30.5 Å². The van der Waals surface area contributed by atoms with Crippen molar-refractivity contribution in [2.75, 3.05) is 0 Å². The third-order valence-corrected chi connectivity index (χ3v) is 3.44. The minimum absolute atomic E-state index is 0.0574. The van der Waals surface area contributed by atoms with Gasteiger partial charge in [0.15, 0.2) is 5.82 Å². The Morgan fingerprint density at radius 2 is 1.91 bits per heavy atom. The van der Waals surface area contributed by atoms with Gasteiger partial charge in [-0.05, 0) is 35.0 Å². The highest BCUT2D eigenvalue weighted by Gasteiger charge is 2.14. The smallest absolute Gasteiger partial charge is 0.242 e. The van der Waals surface area contributed by atoms with Crippen molar-refractivity contribution in [1.29, 1.82) is 0 Å². The second-order valence-electron chi connectivity index (χ2n) is 5.10. The average molecular weight is 308 g/mol. The SMILES string of the molecule is CC(NC(=O)Cn1nnnc1-c1ccncc1)c1ccccc1. The third kappa shape index (κ3) is 3.57. The molecule has 2 aromatic heterocycles. The third-order valence-electron chi connectivity index (χ3n) is 3.44. The molecular weight excluding hydrogens is 292 g/mol. The summed E-state index contributed by atoms with van der Waals surface area (Å²) in [6.45, 7) is 2.00. The van der Waals surface area contributed by atoms with Crippen molar-refractivity contribution in [2.45, 2.75) is 19.5 Å². The number of pyridine rings is 1. The minimum atomic E-state index is -0.149. The van der Waals surface area contributed by atoms with Crippen LogP contribution in [-0.2, 0) is 11.3 Å². The van der Waals surface area contributed by atoms with Crippen LogP contribution in [0.4, 0.5) is 0 Å². The number of hydrogen-bond acceptors (Lipinski definition) is 5. The van der Waals surface area contributed by atoms with Crippen LogP contribution in [0.1, 0.15) is 18.5 Å². The first-order valence-electron chi connectivity index (χ1n) is 7.25. The van der Waals surface area contributed by atoms with Crippen LogP contribution < -0.4 is 5.32 Å². The van der Waals surface area contributed by atoms with E-state index in [1.165, 1.54) is 4.68 Å². The first kappa shape index (κ1) is 14.8. The molecular formula is C16H16N6O. The van der Waals surface area contributed by atoms with Gasteiger partial charge in [0.05, 0.1) is 6.04 Å². The Bertz CT molecular complexity index is 772. The van der Waals surface area contributed by atoms with Crippen LogP contribution in [0.5, 0.6) is 0 Å². The van der Waals surface area contributed by atoms with E-state index in [0.29, 0.717) is 5.82 Å². The Morgan fingerprint density at radius 3 is 2.65 bits per heavy atom. The maximum Gasteiger partial charge on any atom is 0.242 e. The molecule has 3 rings (SSSR count). The largest absolute Gasteiger partial charge is 0.348 e. The number of tetrazole rings is 1. The molecule has 1 atom stereocenters. The lowest BCUT2D eigenvalue weighted by Gasteiger charge is -2.14. The summed E-state index contributed by atoms with van der Waals surface area (Å²) in [4.78, 5) is 16.2.